The Balaban J connectivity index is 2.24. The van der Waals surface area contributed by atoms with Crippen LogP contribution in [0.3, 0.4) is 0 Å². The number of likely N-dealkylation sites (N-methyl/N-ethyl adjacent to an activating group) is 1. The van der Waals surface area contributed by atoms with E-state index >= 15 is 0 Å². The summed E-state index contributed by atoms with van der Waals surface area (Å²) in [5.41, 5.74) is 0.975. The molecule has 0 saturated carbocycles. The summed E-state index contributed by atoms with van der Waals surface area (Å²) in [4.78, 5) is 8.55. The highest BCUT2D eigenvalue weighted by Crippen LogP contribution is 2.24. The third-order valence-electron chi connectivity index (χ3n) is 2.52. The van der Waals surface area contributed by atoms with Gasteiger partial charge in [-0.15, -0.1) is 0 Å². The molecule has 1 aliphatic heterocycles. The average Bonchev–Trinajstić information content (AvgIpc) is 2.79. The predicted molar refractivity (Wildman–Crippen MR) is 61.8 cm³/mol. The van der Waals surface area contributed by atoms with Crippen molar-refractivity contribution < 1.29 is 4.74 Å². The summed E-state index contributed by atoms with van der Waals surface area (Å²) in [6.07, 6.45) is 4.91. The molecule has 4 nitrogen and oxygen atoms in total. The van der Waals surface area contributed by atoms with Crippen molar-refractivity contribution in [2.75, 3.05) is 13.2 Å². The lowest BCUT2D eigenvalue weighted by Gasteiger charge is -2.18. The lowest BCUT2D eigenvalue weighted by molar-refractivity contribution is 0.215. The van der Waals surface area contributed by atoms with E-state index < -0.39 is 0 Å². The Morgan fingerprint density at radius 2 is 2.44 bits per heavy atom. The smallest absolute Gasteiger partial charge is 0.125 e. The first kappa shape index (κ1) is 11.1. The topological polar surface area (TPSA) is 47.0 Å². The molecule has 0 bridgehead atoms. The standard InChI is InChI=1S/C12H17N3O/c1-3-13-12(11-5-4-8-16-11)10-6-7-14-9(2)15-10/h5-7,12-13H,3-4,8H2,1-2H3. The first-order chi connectivity index (χ1) is 7.81. The van der Waals surface area contributed by atoms with Crippen LogP contribution in [-0.4, -0.2) is 23.1 Å². The molecule has 0 radical (unpaired) electrons. The maximum absolute atomic E-state index is 5.60. The zero-order valence-electron chi connectivity index (χ0n) is 9.73. The number of ether oxygens (including phenoxy) is 1. The Morgan fingerprint density at radius 1 is 1.56 bits per heavy atom. The van der Waals surface area contributed by atoms with Gasteiger partial charge < -0.3 is 10.1 Å². The molecule has 1 aromatic heterocycles. The van der Waals surface area contributed by atoms with Gasteiger partial charge in [-0.05, 0) is 25.6 Å². The summed E-state index contributed by atoms with van der Waals surface area (Å²) in [6, 6.07) is 2.00. The summed E-state index contributed by atoms with van der Waals surface area (Å²) in [7, 11) is 0. The number of hydrogen-bond acceptors (Lipinski definition) is 4. The fourth-order valence-electron chi connectivity index (χ4n) is 1.83. The molecular formula is C12H17N3O. The molecule has 1 aromatic rings. The minimum atomic E-state index is 0.0641. The third-order valence-corrected chi connectivity index (χ3v) is 2.52. The number of aromatic nitrogens is 2. The Morgan fingerprint density at radius 3 is 3.06 bits per heavy atom. The minimum Gasteiger partial charge on any atom is -0.496 e. The molecule has 0 spiro atoms. The summed E-state index contributed by atoms with van der Waals surface area (Å²) < 4.78 is 5.60. The summed E-state index contributed by atoms with van der Waals surface area (Å²) >= 11 is 0. The SMILES string of the molecule is CCNC(C1=CCCO1)c1ccnc(C)n1. The third kappa shape index (κ3) is 2.39. The molecule has 2 heterocycles. The van der Waals surface area contributed by atoms with Crippen LogP contribution in [0, 0.1) is 6.92 Å². The first-order valence-corrected chi connectivity index (χ1v) is 5.67. The van der Waals surface area contributed by atoms with E-state index in [9.17, 15) is 0 Å². The molecule has 0 aliphatic carbocycles. The van der Waals surface area contributed by atoms with Gasteiger partial charge in [-0.3, -0.25) is 0 Å². The van der Waals surface area contributed by atoms with Gasteiger partial charge in [0.25, 0.3) is 0 Å². The van der Waals surface area contributed by atoms with Gasteiger partial charge in [0.1, 0.15) is 17.6 Å². The van der Waals surface area contributed by atoms with E-state index in [-0.39, 0.29) is 6.04 Å². The molecule has 0 amide bonds. The molecule has 2 rings (SSSR count). The lowest BCUT2D eigenvalue weighted by atomic mass is 10.1. The highest BCUT2D eigenvalue weighted by molar-refractivity contribution is 5.19. The highest BCUT2D eigenvalue weighted by atomic mass is 16.5. The Bertz CT molecular complexity index is 390. The minimum absolute atomic E-state index is 0.0641. The van der Waals surface area contributed by atoms with Crippen LogP contribution >= 0.6 is 0 Å². The van der Waals surface area contributed by atoms with Gasteiger partial charge in [0, 0.05) is 12.6 Å². The second-order valence-corrected chi connectivity index (χ2v) is 3.76. The number of nitrogens with one attached hydrogen (secondary N) is 1. The van der Waals surface area contributed by atoms with Crippen LogP contribution in [0.4, 0.5) is 0 Å². The number of nitrogens with zero attached hydrogens (tertiary/aromatic N) is 2. The van der Waals surface area contributed by atoms with Crippen molar-refractivity contribution in [2.24, 2.45) is 0 Å². The van der Waals surface area contributed by atoms with E-state index in [0.29, 0.717) is 0 Å². The fraction of sp³-hybridized carbons (Fsp3) is 0.500. The van der Waals surface area contributed by atoms with E-state index in [1.807, 2.05) is 13.0 Å². The van der Waals surface area contributed by atoms with Gasteiger partial charge in [-0.1, -0.05) is 6.92 Å². The van der Waals surface area contributed by atoms with E-state index in [1.165, 1.54) is 0 Å². The molecular weight excluding hydrogens is 202 g/mol. The quantitative estimate of drug-likeness (QED) is 0.838. The molecule has 1 aliphatic rings. The van der Waals surface area contributed by atoms with E-state index in [4.69, 9.17) is 4.74 Å². The normalized spacial score (nSPS) is 16.8. The van der Waals surface area contributed by atoms with Crippen LogP contribution in [0.2, 0.25) is 0 Å². The van der Waals surface area contributed by atoms with Crippen molar-refractivity contribution in [3.05, 3.63) is 35.6 Å². The molecule has 1 unspecified atom stereocenters. The van der Waals surface area contributed by atoms with Crippen molar-refractivity contribution in [1.29, 1.82) is 0 Å². The highest BCUT2D eigenvalue weighted by Gasteiger charge is 2.21. The van der Waals surface area contributed by atoms with Crippen LogP contribution < -0.4 is 5.32 Å². The molecule has 0 saturated heterocycles. The van der Waals surface area contributed by atoms with Gasteiger partial charge in [0.15, 0.2) is 0 Å². The van der Waals surface area contributed by atoms with Crippen LogP contribution in [0.1, 0.15) is 30.9 Å². The molecule has 16 heavy (non-hydrogen) atoms. The second kappa shape index (κ2) is 5.07. The van der Waals surface area contributed by atoms with Gasteiger partial charge in [-0.2, -0.15) is 0 Å². The van der Waals surface area contributed by atoms with Crippen LogP contribution in [0.5, 0.6) is 0 Å². The van der Waals surface area contributed by atoms with E-state index in [0.717, 1.165) is 36.8 Å². The number of rotatable bonds is 4. The van der Waals surface area contributed by atoms with Gasteiger partial charge in [0.2, 0.25) is 0 Å². The zero-order valence-corrected chi connectivity index (χ0v) is 9.73. The van der Waals surface area contributed by atoms with E-state index in [1.54, 1.807) is 6.20 Å². The summed E-state index contributed by atoms with van der Waals surface area (Å²) in [5, 5.41) is 3.38. The fourth-order valence-corrected chi connectivity index (χ4v) is 1.83. The maximum Gasteiger partial charge on any atom is 0.125 e. The lowest BCUT2D eigenvalue weighted by Crippen LogP contribution is -2.24. The average molecular weight is 219 g/mol. The Labute approximate surface area is 95.8 Å². The number of aryl methyl sites for hydroxylation is 1. The second-order valence-electron chi connectivity index (χ2n) is 3.76. The van der Waals surface area contributed by atoms with Crippen LogP contribution in [0.15, 0.2) is 24.1 Å². The summed E-state index contributed by atoms with van der Waals surface area (Å²) in [5.74, 6) is 1.78. The van der Waals surface area contributed by atoms with E-state index in [2.05, 4.69) is 28.3 Å². The predicted octanol–water partition coefficient (Wildman–Crippen LogP) is 1.74. The van der Waals surface area contributed by atoms with Crippen LogP contribution in [0.25, 0.3) is 0 Å². The van der Waals surface area contributed by atoms with Crippen molar-refractivity contribution in [1.82, 2.24) is 15.3 Å². The van der Waals surface area contributed by atoms with Gasteiger partial charge in [0.05, 0.1) is 12.3 Å². The van der Waals surface area contributed by atoms with Crippen LogP contribution in [-0.2, 0) is 4.74 Å². The van der Waals surface area contributed by atoms with Crippen molar-refractivity contribution in [2.45, 2.75) is 26.3 Å². The Hall–Kier alpha value is -1.42. The molecule has 0 aromatic carbocycles. The monoisotopic (exact) mass is 219 g/mol. The van der Waals surface area contributed by atoms with Crippen molar-refractivity contribution in [3.8, 4) is 0 Å². The molecule has 4 heteroatoms. The molecule has 1 N–H and O–H groups in total. The largest absolute Gasteiger partial charge is 0.496 e. The molecule has 86 valence electrons. The first-order valence-electron chi connectivity index (χ1n) is 5.67. The molecule has 0 fully saturated rings. The number of hydrogen-bond donors (Lipinski definition) is 1. The summed E-state index contributed by atoms with van der Waals surface area (Å²) in [6.45, 7) is 5.64. The Kier molecular flexibility index (Phi) is 3.51. The van der Waals surface area contributed by atoms with Crippen molar-refractivity contribution >= 4 is 0 Å². The van der Waals surface area contributed by atoms with Gasteiger partial charge >= 0.3 is 0 Å². The maximum atomic E-state index is 5.60. The zero-order chi connectivity index (χ0) is 11.4. The van der Waals surface area contributed by atoms with Gasteiger partial charge in [-0.25, -0.2) is 9.97 Å². The molecule has 1 atom stereocenters. The van der Waals surface area contributed by atoms with Crippen molar-refractivity contribution in [3.63, 3.8) is 0 Å².